The molecular formula is C22H34F2Si. The summed E-state index contributed by atoms with van der Waals surface area (Å²) >= 11 is 0. The largest absolute Gasteiger partial charge is 0.204 e. The summed E-state index contributed by atoms with van der Waals surface area (Å²) in [7, 11) is -0.343. The molecule has 25 heavy (non-hydrogen) atoms. The van der Waals surface area contributed by atoms with Crippen LogP contribution in [0.2, 0.25) is 18.1 Å². The van der Waals surface area contributed by atoms with E-state index < -0.39 is 11.6 Å². The van der Waals surface area contributed by atoms with Crippen molar-refractivity contribution in [1.29, 1.82) is 0 Å². The average Bonchev–Trinajstić information content (AvgIpc) is 2.64. The number of hydrogen-bond acceptors (Lipinski definition) is 0. The van der Waals surface area contributed by atoms with Gasteiger partial charge in [0, 0.05) is 8.80 Å². The quantitative estimate of drug-likeness (QED) is 0.490. The number of aryl methyl sites for hydroxylation is 1. The molecule has 1 heterocycles. The second kappa shape index (κ2) is 9.30. The van der Waals surface area contributed by atoms with Gasteiger partial charge in [0.2, 0.25) is 0 Å². The highest BCUT2D eigenvalue weighted by Gasteiger charge is 2.30. The van der Waals surface area contributed by atoms with Crippen LogP contribution in [-0.4, -0.2) is 8.80 Å². The van der Waals surface area contributed by atoms with Crippen molar-refractivity contribution in [3.8, 4) is 0 Å². The van der Waals surface area contributed by atoms with E-state index in [4.69, 9.17) is 0 Å². The average molecular weight is 365 g/mol. The van der Waals surface area contributed by atoms with Crippen LogP contribution in [0.25, 0.3) is 0 Å². The third kappa shape index (κ3) is 5.38. The fraction of sp³-hybridized carbons (Fsp3) is 0.727. The Labute approximate surface area is 154 Å². The smallest absolute Gasteiger partial charge is 0.159 e. The summed E-state index contributed by atoms with van der Waals surface area (Å²) in [6, 6.07) is 9.16. The van der Waals surface area contributed by atoms with Crippen molar-refractivity contribution in [3.05, 3.63) is 35.4 Å². The van der Waals surface area contributed by atoms with Gasteiger partial charge in [-0.05, 0) is 61.1 Å². The first-order chi connectivity index (χ1) is 12.2. The van der Waals surface area contributed by atoms with Crippen molar-refractivity contribution in [1.82, 2.24) is 0 Å². The lowest BCUT2D eigenvalue weighted by atomic mass is 9.73. The monoisotopic (exact) mass is 364 g/mol. The first-order valence-corrected chi connectivity index (χ1v) is 13.0. The molecule has 1 saturated heterocycles. The minimum absolute atomic E-state index is 0.343. The van der Waals surface area contributed by atoms with Crippen molar-refractivity contribution >= 4 is 8.80 Å². The molecule has 0 bridgehead atoms. The summed E-state index contributed by atoms with van der Waals surface area (Å²) in [5.41, 5.74) is 0.945. The number of hydrogen-bond donors (Lipinski definition) is 0. The van der Waals surface area contributed by atoms with E-state index in [9.17, 15) is 8.78 Å². The molecule has 3 heteroatoms. The first kappa shape index (κ1) is 19.1. The summed E-state index contributed by atoms with van der Waals surface area (Å²) in [6.45, 7) is 2.35. The zero-order chi connectivity index (χ0) is 17.6. The summed E-state index contributed by atoms with van der Waals surface area (Å²) in [4.78, 5) is 0. The van der Waals surface area contributed by atoms with Crippen LogP contribution in [0.4, 0.5) is 8.78 Å². The fourth-order valence-electron chi connectivity index (χ4n) is 5.37. The Hall–Kier alpha value is -0.703. The molecule has 0 amide bonds. The summed E-state index contributed by atoms with van der Waals surface area (Å²) < 4.78 is 26.3. The molecule has 0 spiro atoms. The Morgan fingerprint density at radius 1 is 0.920 bits per heavy atom. The first-order valence-electron chi connectivity index (χ1n) is 10.6. The van der Waals surface area contributed by atoms with Crippen LogP contribution in [0.15, 0.2) is 18.2 Å². The van der Waals surface area contributed by atoms with Gasteiger partial charge in [-0.1, -0.05) is 63.2 Å². The Kier molecular flexibility index (Phi) is 7.09. The molecule has 3 rings (SSSR count). The minimum Gasteiger partial charge on any atom is -0.204 e. The molecule has 1 aromatic carbocycles. The Morgan fingerprint density at radius 3 is 2.24 bits per heavy atom. The lowest BCUT2D eigenvalue weighted by Crippen LogP contribution is -2.28. The van der Waals surface area contributed by atoms with E-state index in [0.717, 1.165) is 36.2 Å². The molecule has 1 saturated carbocycles. The van der Waals surface area contributed by atoms with E-state index in [2.05, 4.69) is 6.92 Å². The molecule has 0 N–H and O–H groups in total. The van der Waals surface area contributed by atoms with E-state index in [1.54, 1.807) is 24.2 Å². The predicted octanol–water partition coefficient (Wildman–Crippen LogP) is 6.75. The molecule has 0 atom stereocenters. The van der Waals surface area contributed by atoms with Gasteiger partial charge in [-0.15, -0.1) is 0 Å². The van der Waals surface area contributed by atoms with Crippen LogP contribution in [0.5, 0.6) is 0 Å². The van der Waals surface area contributed by atoms with Crippen LogP contribution >= 0.6 is 0 Å². The van der Waals surface area contributed by atoms with E-state index >= 15 is 0 Å². The van der Waals surface area contributed by atoms with Gasteiger partial charge in [-0.25, -0.2) is 8.78 Å². The maximum atomic E-state index is 13.3. The second-order valence-electron chi connectivity index (χ2n) is 8.64. The van der Waals surface area contributed by atoms with Gasteiger partial charge in [0.05, 0.1) is 0 Å². The molecular weight excluding hydrogens is 330 g/mol. The lowest BCUT2D eigenvalue weighted by Gasteiger charge is -2.37. The number of benzene rings is 1. The van der Waals surface area contributed by atoms with Crippen molar-refractivity contribution in [2.75, 3.05) is 0 Å². The summed E-state index contributed by atoms with van der Waals surface area (Å²) in [6.07, 6.45) is 12.0. The molecule has 0 aromatic heterocycles. The number of rotatable bonds is 6. The van der Waals surface area contributed by atoms with Gasteiger partial charge in [0.1, 0.15) is 0 Å². The summed E-state index contributed by atoms with van der Waals surface area (Å²) in [5.74, 6) is 1.35. The van der Waals surface area contributed by atoms with Crippen LogP contribution in [0, 0.1) is 29.4 Å². The SMILES string of the molecule is CCC[Si@H]1CC[C@H]([C@H]2CC[C@H](CCc3ccc(F)c(F)c3)CC2)CC1. The second-order valence-corrected chi connectivity index (χ2v) is 12.1. The maximum Gasteiger partial charge on any atom is 0.159 e. The van der Waals surface area contributed by atoms with E-state index in [-0.39, 0.29) is 8.80 Å². The third-order valence-corrected chi connectivity index (χ3v) is 10.7. The molecule has 1 aliphatic heterocycles. The zero-order valence-corrected chi connectivity index (χ0v) is 16.9. The Morgan fingerprint density at radius 2 is 1.60 bits per heavy atom. The number of halogens is 2. The van der Waals surface area contributed by atoms with Gasteiger partial charge in [0.15, 0.2) is 11.6 Å². The summed E-state index contributed by atoms with van der Waals surface area (Å²) in [5, 5.41) is 0. The van der Waals surface area contributed by atoms with E-state index in [0.29, 0.717) is 0 Å². The zero-order valence-electron chi connectivity index (χ0n) is 15.8. The molecule has 0 radical (unpaired) electrons. The highest BCUT2D eigenvalue weighted by atomic mass is 28.3. The van der Waals surface area contributed by atoms with Gasteiger partial charge in [0.25, 0.3) is 0 Å². The van der Waals surface area contributed by atoms with Crippen LogP contribution in [-0.2, 0) is 6.42 Å². The van der Waals surface area contributed by atoms with E-state index in [1.807, 2.05) is 0 Å². The molecule has 0 nitrogen and oxygen atoms in total. The fourth-order valence-corrected chi connectivity index (χ4v) is 8.85. The van der Waals surface area contributed by atoms with Crippen molar-refractivity contribution in [2.24, 2.45) is 17.8 Å². The van der Waals surface area contributed by atoms with Gasteiger partial charge >= 0.3 is 0 Å². The highest BCUT2D eigenvalue weighted by Crippen LogP contribution is 2.41. The molecule has 1 aromatic rings. The van der Waals surface area contributed by atoms with Crippen molar-refractivity contribution in [3.63, 3.8) is 0 Å². The van der Waals surface area contributed by atoms with Crippen molar-refractivity contribution < 1.29 is 8.78 Å². The standard InChI is InChI=1S/C22H34F2Si/c1-2-13-25-14-11-20(12-15-25)19-8-5-17(6-9-19)3-4-18-7-10-21(23)22(24)16-18/h7,10,16-17,19-20,25H,2-6,8-9,11-15H2,1H3/t17-,19-,20-,25-. The molecule has 1 aliphatic carbocycles. The molecule has 140 valence electrons. The molecule has 2 fully saturated rings. The maximum absolute atomic E-state index is 13.3. The van der Waals surface area contributed by atoms with Crippen LogP contribution in [0.1, 0.15) is 63.9 Å². The van der Waals surface area contributed by atoms with Crippen LogP contribution in [0.3, 0.4) is 0 Å². The Bertz CT molecular complexity index is 529. The third-order valence-electron chi connectivity index (χ3n) is 6.97. The van der Waals surface area contributed by atoms with Gasteiger partial charge in [-0.3, -0.25) is 0 Å². The molecule has 0 unspecified atom stereocenters. The normalized spacial score (nSPS) is 30.4. The predicted molar refractivity (Wildman–Crippen MR) is 105 cm³/mol. The van der Waals surface area contributed by atoms with E-state index in [1.165, 1.54) is 57.1 Å². The lowest BCUT2D eigenvalue weighted by molar-refractivity contribution is 0.186. The highest BCUT2D eigenvalue weighted by molar-refractivity contribution is 6.58. The van der Waals surface area contributed by atoms with Gasteiger partial charge in [-0.2, -0.15) is 0 Å². The van der Waals surface area contributed by atoms with Crippen molar-refractivity contribution in [2.45, 2.75) is 82.8 Å². The molecule has 2 aliphatic rings. The van der Waals surface area contributed by atoms with Gasteiger partial charge < -0.3 is 0 Å². The Balaban J connectivity index is 1.38. The topological polar surface area (TPSA) is 0 Å². The van der Waals surface area contributed by atoms with Crippen LogP contribution < -0.4 is 0 Å². The minimum atomic E-state index is -0.735.